The molecule has 0 saturated carbocycles. The average molecular weight is 1050 g/mol. The van der Waals surface area contributed by atoms with Gasteiger partial charge in [0.25, 0.3) is 5.91 Å². The molecule has 1 unspecified atom stereocenters. The maximum atomic E-state index is 13.6. The zero-order valence-electron chi connectivity index (χ0n) is 41.5. The van der Waals surface area contributed by atoms with E-state index in [1.54, 1.807) is 39.0 Å². The molecule has 3 N–H and O–H groups in total. The molecule has 374 valence electrons. The van der Waals surface area contributed by atoms with Gasteiger partial charge in [0.2, 0.25) is 5.95 Å². The molecule has 71 heavy (non-hydrogen) atoms. The molecule has 0 aliphatic carbocycles. The lowest BCUT2D eigenvalue weighted by molar-refractivity contribution is 0.0674. The van der Waals surface area contributed by atoms with Gasteiger partial charge in [0.1, 0.15) is 24.2 Å². The molecule has 10 rings (SSSR count). The highest BCUT2D eigenvalue weighted by Crippen LogP contribution is 2.43. The number of rotatable bonds is 17. The molecule has 6 aromatic rings. The van der Waals surface area contributed by atoms with Crippen molar-refractivity contribution in [2.24, 2.45) is 7.05 Å². The zero-order chi connectivity index (χ0) is 49.1. The minimum Gasteiger partial charge on any atom is -0.494 e. The number of hydrogen-bond donors (Lipinski definition) is 3. The molecular formula is C53H67BrN13O3P. The second-order valence-corrected chi connectivity index (χ2v) is 24.0. The standard InChI is InChI=1S/C53H67BrN13O3P/c1-63-34-37(31-59-63)41-29-46(61-53-58-33-43(54)51(62-53)60-45-16-15-44-49(57-21-20-56-44)50(45)71(3,4)69)48(70-2)30-47(41)66-23-17-38(18-24-66)65-27-25-64(26-28-65)22-8-6-5-7-11-36-12-9-14-40-42(36)35-67(52(40)68)39-13-10-19-55-32-39/h9,12,14-16,20-21,29-31,33-34,38-39,55H,5-8,10-11,13,17-19,22-28,32,35H2,1-4H3,(H2,58,60,61,62). The van der Waals surface area contributed by atoms with Gasteiger partial charge in [-0.25, -0.2) is 4.98 Å². The van der Waals surface area contributed by atoms with Crippen LogP contribution in [0, 0.1) is 0 Å². The van der Waals surface area contributed by atoms with Crippen LogP contribution in [-0.4, -0.2) is 142 Å². The first-order valence-electron chi connectivity index (χ1n) is 25.4. The van der Waals surface area contributed by atoms with Gasteiger partial charge >= 0.3 is 0 Å². The number of nitrogens with one attached hydrogen (secondary N) is 3. The summed E-state index contributed by atoms with van der Waals surface area (Å²) in [4.78, 5) is 41.8. The number of hydrogen-bond acceptors (Lipinski definition) is 14. The summed E-state index contributed by atoms with van der Waals surface area (Å²) in [6.07, 6.45) is 19.3. The van der Waals surface area contributed by atoms with E-state index < -0.39 is 7.14 Å². The van der Waals surface area contributed by atoms with Gasteiger partial charge in [-0.2, -0.15) is 10.1 Å². The molecule has 18 heteroatoms. The minimum absolute atomic E-state index is 0.228. The third-order valence-corrected chi connectivity index (χ3v) is 17.0. The number of fused-ring (bicyclic) bond motifs is 2. The number of amides is 1. The monoisotopic (exact) mass is 1040 g/mol. The molecular weight excluding hydrogens is 978 g/mol. The number of nitrogens with zero attached hydrogens (tertiary/aromatic N) is 10. The fourth-order valence-electron chi connectivity index (χ4n) is 11.2. The largest absolute Gasteiger partial charge is 0.494 e. The van der Waals surface area contributed by atoms with Crippen LogP contribution in [0.4, 0.5) is 28.8 Å². The number of piperazine rings is 1. The number of aryl methyl sites for hydroxylation is 2. The van der Waals surface area contributed by atoms with Crippen LogP contribution in [0.5, 0.6) is 5.75 Å². The number of piperidine rings is 2. The van der Waals surface area contributed by atoms with Crippen molar-refractivity contribution < 1.29 is 14.1 Å². The first-order chi connectivity index (χ1) is 34.5. The molecule has 0 spiro atoms. The third kappa shape index (κ3) is 11.0. The van der Waals surface area contributed by atoms with Crippen LogP contribution in [-0.2, 0) is 24.6 Å². The van der Waals surface area contributed by atoms with Crippen molar-refractivity contribution in [3.63, 3.8) is 0 Å². The Balaban J connectivity index is 0.727. The molecule has 7 heterocycles. The van der Waals surface area contributed by atoms with Gasteiger partial charge in [-0.05, 0) is 123 Å². The van der Waals surface area contributed by atoms with E-state index in [4.69, 9.17) is 9.72 Å². The number of benzene rings is 3. The summed E-state index contributed by atoms with van der Waals surface area (Å²) in [5.41, 5.74) is 9.39. The lowest BCUT2D eigenvalue weighted by Crippen LogP contribution is -2.53. The summed E-state index contributed by atoms with van der Waals surface area (Å²) >= 11 is 3.63. The van der Waals surface area contributed by atoms with E-state index in [0.29, 0.717) is 56.1 Å². The van der Waals surface area contributed by atoms with Gasteiger partial charge in [-0.1, -0.05) is 25.0 Å². The predicted molar refractivity (Wildman–Crippen MR) is 288 cm³/mol. The summed E-state index contributed by atoms with van der Waals surface area (Å²) in [6, 6.07) is 15.2. The van der Waals surface area contributed by atoms with E-state index >= 15 is 0 Å². The second-order valence-electron chi connectivity index (χ2n) is 20.0. The number of methoxy groups -OCH3 is 1. The van der Waals surface area contributed by atoms with Crippen molar-refractivity contribution >= 4 is 74.1 Å². The first-order valence-corrected chi connectivity index (χ1v) is 28.8. The lowest BCUT2D eigenvalue weighted by atomic mass is 9.98. The van der Waals surface area contributed by atoms with Crippen LogP contribution in [0.2, 0.25) is 0 Å². The molecule has 4 aliphatic heterocycles. The van der Waals surface area contributed by atoms with Crippen molar-refractivity contribution in [2.75, 3.05) is 94.9 Å². The van der Waals surface area contributed by atoms with Crippen LogP contribution >= 0.6 is 23.1 Å². The number of aromatic nitrogens is 6. The number of carbonyl (C=O) groups is 1. The fraction of sp³-hybridized carbons (Fsp3) is 0.472. The van der Waals surface area contributed by atoms with Crippen molar-refractivity contribution in [2.45, 2.75) is 76.4 Å². The number of halogens is 1. The SMILES string of the molecule is COc1cc(N2CCC(N3CCN(CCCCCCc4cccc5c4CN(C4CCCNC4)C5=O)CC3)CC2)c(-c2cnn(C)c2)cc1Nc1ncc(Br)c(Nc2ccc3nccnc3c2P(C)(C)=O)n1. The van der Waals surface area contributed by atoms with E-state index in [0.717, 1.165) is 119 Å². The Hall–Kier alpha value is -5.45. The predicted octanol–water partition coefficient (Wildman–Crippen LogP) is 8.42. The Morgan fingerprint density at radius 1 is 0.873 bits per heavy atom. The number of carbonyl (C=O) groups excluding carboxylic acids is 1. The van der Waals surface area contributed by atoms with E-state index in [1.165, 1.54) is 43.4 Å². The van der Waals surface area contributed by atoms with Gasteiger partial charge in [-0.3, -0.25) is 24.3 Å². The van der Waals surface area contributed by atoms with E-state index in [2.05, 4.69) is 95.8 Å². The van der Waals surface area contributed by atoms with Crippen LogP contribution in [0.15, 0.2) is 77.9 Å². The van der Waals surface area contributed by atoms with Gasteiger partial charge < -0.3 is 40.0 Å². The van der Waals surface area contributed by atoms with Crippen LogP contribution in [0.3, 0.4) is 0 Å². The minimum atomic E-state index is -2.79. The van der Waals surface area contributed by atoms with Gasteiger partial charge in [0, 0.05) is 125 Å². The van der Waals surface area contributed by atoms with Crippen LogP contribution in [0.1, 0.15) is 72.9 Å². The highest BCUT2D eigenvalue weighted by molar-refractivity contribution is 9.10. The zero-order valence-corrected chi connectivity index (χ0v) is 44.0. The summed E-state index contributed by atoms with van der Waals surface area (Å²) < 4.78 is 22.2. The normalized spacial score (nSPS) is 18.3. The smallest absolute Gasteiger partial charge is 0.254 e. The summed E-state index contributed by atoms with van der Waals surface area (Å²) in [7, 11) is 0.841. The average Bonchev–Trinajstić information content (AvgIpc) is 3.98. The first kappa shape index (κ1) is 49.1. The highest BCUT2D eigenvalue weighted by atomic mass is 79.9. The highest BCUT2D eigenvalue weighted by Gasteiger charge is 2.35. The number of ether oxygens (including phenoxy) is 1. The molecule has 3 aromatic heterocycles. The lowest BCUT2D eigenvalue weighted by Gasteiger charge is -2.43. The number of unbranched alkanes of at least 4 members (excludes halogenated alkanes) is 3. The molecule has 3 fully saturated rings. The third-order valence-electron chi connectivity index (χ3n) is 14.9. The summed E-state index contributed by atoms with van der Waals surface area (Å²) in [5.74, 6) is 1.77. The van der Waals surface area contributed by atoms with Crippen molar-refractivity contribution in [3.05, 3.63) is 94.6 Å². The Morgan fingerprint density at radius 2 is 1.69 bits per heavy atom. The molecule has 1 amide bonds. The molecule has 16 nitrogen and oxygen atoms in total. The molecule has 0 bridgehead atoms. The Morgan fingerprint density at radius 3 is 2.45 bits per heavy atom. The van der Waals surface area contributed by atoms with Gasteiger partial charge in [0.15, 0.2) is 0 Å². The Bertz CT molecular complexity index is 2910. The molecule has 3 aromatic carbocycles. The van der Waals surface area contributed by atoms with Crippen LogP contribution in [0.25, 0.3) is 22.2 Å². The fourth-order valence-corrected chi connectivity index (χ4v) is 12.9. The number of anilines is 5. The topological polar surface area (TPSA) is 162 Å². The van der Waals surface area contributed by atoms with Gasteiger partial charge in [0.05, 0.1) is 40.0 Å². The van der Waals surface area contributed by atoms with Crippen LogP contribution < -0.4 is 30.9 Å². The van der Waals surface area contributed by atoms with Crippen molar-refractivity contribution in [1.29, 1.82) is 0 Å². The molecule has 1 atom stereocenters. The Kier molecular flexibility index (Phi) is 15.0. The summed E-state index contributed by atoms with van der Waals surface area (Å²) in [6.45, 7) is 13.8. The van der Waals surface area contributed by atoms with Crippen molar-refractivity contribution in [3.8, 4) is 16.9 Å². The van der Waals surface area contributed by atoms with E-state index in [1.807, 2.05) is 42.3 Å². The quantitative estimate of drug-likeness (QED) is 0.0590. The summed E-state index contributed by atoms with van der Waals surface area (Å²) in [5, 5.41) is 15.5. The Labute approximate surface area is 425 Å². The van der Waals surface area contributed by atoms with Gasteiger partial charge in [-0.15, -0.1) is 0 Å². The molecule has 3 saturated heterocycles. The molecule has 0 radical (unpaired) electrons. The second kappa shape index (κ2) is 21.7. The molecule has 4 aliphatic rings. The van der Waals surface area contributed by atoms with E-state index in [-0.39, 0.29) is 5.91 Å². The van der Waals surface area contributed by atoms with Crippen molar-refractivity contribution in [1.82, 2.24) is 49.7 Å². The maximum absolute atomic E-state index is 13.6. The van der Waals surface area contributed by atoms with E-state index in [9.17, 15) is 9.36 Å². The maximum Gasteiger partial charge on any atom is 0.254 e.